The molecule has 0 radical (unpaired) electrons. The topological polar surface area (TPSA) is 103 Å². The summed E-state index contributed by atoms with van der Waals surface area (Å²) < 4.78 is 4.87. The highest BCUT2D eigenvalue weighted by Crippen LogP contribution is 2.38. The number of nitrogens with zero attached hydrogens (tertiary/aromatic N) is 3. The van der Waals surface area contributed by atoms with E-state index in [-0.39, 0.29) is 40.5 Å². The van der Waals surface area contributed by atoms with Crippen molar-refractivity contribution in [3.63, 3.8) is 0 Å². The number of rotatable bonds is 7. The molecule has 0 unspecified atom stereocenters. The van der Waals surface area contributed by atoms with Crippen LogP contribution in [0.4, 0.5) is 11.5 Å². The Bertz CT molecular complexity index is 1270. The number of aromatic nitrogens is 1. The standard InChI is InChI=1S/C25H22ClN3O5/c1-15-21(26)13-27-23(22(15)29(32)33)28(24(30)18-11-12-18)14-16-7-9-17(10-8-16)19-5-3-4-6-20(19)25(31)34-2/h3-10,13,18H,11-12,14H2,1-2H3. The molecule has 0 saturated heterocycles. The summed E-state index contributed by atoms with van der Waals surface area (Å²) in [6.07, 6.45) is 2.83. The lowest BCUT2D eigenvalue weighted by atomic mass is 9.98. The van der Waals surface area contributed by atoms with Crippen molar-refractivity contribution in [1.82, 2.24) is 4.98 Å². The number of halogens is 1. The Morgan fingerprint density at radius 2 is 1.85 bits per heavy atom. The van der Waals surface area contributed by atoms with E-state index < -0.39 is 10.9 Å². The molecular weight excluding hydrogens is 458 g/mol. The second-order valence-electron chi connectivity index (χ2n) is 8.09. The molecule has 1 aliphatic carbocycles. The minimum absolute atomic E-state index is 0.0103. The molecule has 0 bridgehead atoms. The highest BCUT2D eigenvalue weighted by molar-refractivity contribution is 6.31. The van der Waals surface area contributed by atoms with Crippen LogP contribution >= 0.6 is 11.6 Å². The Morgan fingerprint density at radius 3 is 2.47 bits per heavy atom. The SMILES string of the molecule is COC(=O)c1ccccc1-c1ccc(CN(C(=O)C2CC2)c2ncc(Cl)c(C)c2[N+](=O)[O-])cc1. The van der Waals surface area contributed by atoms with Crippen molar-refractivity contribution < 1.29 is 19.2 Å². The van der Waals surface area contributed by atoms with Crippen LogP contribution in [0.15, 0.2) is 54.7 Å². The lowest BCUT2D eigenvalue weighted by molar-refractivity contribution is -0.384. The largest absolute Gasteiger partial charge is 0.465 e. The van der Waals surface area contributed by atoms with Crippen molar-refractivity contribution in [3.8, 4) is 11.1 Å². The van der Waals surface area contributed by atoms with E-state index in [9.17, 15) is 19.7 Å². The zero-order valence-corrected chi connectivity index (χ0v) is 19.4. The maximum absolute atomic E-state index is 13.1. The lowest BCUT2D eigenvalue weighted by Gasteiger charge is -2.22. The number of pyridine rings is 1. The Hall–Kier alpha value is -3.78. The number of ether oxygens (including phenoxy) is 1. The third-order valence-electron chi connectivity index (χ3n) is 5.79. The van der Waals surface area contributed by atoms with E-state index in [1.165, 1.54) is 18.2 Å². The molecule has 4 rings (SSSR count). The van der Waals surface area contributed by atoms with E-state index in [0.29, 0.717) is 5.56 Å². The van der Waals surface area contributed by atoms with Gasteiger partial charge in [-0.05, 0) is 42.5 Å². The highest BCUT2D eigenvalue weighted by atomic mass is 35.5. The molecule has 0 N–H and O–H groups in total. The maximum atomic E-state index is 13.1. The quantitative estimate of drug-likeness (QED) is 0.257. The van der Waals surface area contributed by atoms with Gasteiger partial charge in [-0.15, -0.1) is 0 Å². The van der Waals surface area contributed by atoms with Gasteiger partial charge >= 0.3 is 11.7 Å². The minimum atomic E-state index is -0.552. The van der Waals surface area contributed by atoms with Crippen LogP contribution in [0.2, 0.25) is 5.02 Å². The molecule has 1 amide bonds. The van der Waals surface area contributed by atoms with Gasteiger partial charge in [0.25, 0.3) is 0 Å². The van der Waals surface area contributed by atoms with Crippen molar-refractivity contribution >= 4 is 35.0 Å². The Morgan fingerprint density at radius 1 is 1.18 bits per heavy atom. The first kappa shape index (κ1) is 23.4. The smallest absolute Gasteiger partial charge is 0.338 e. The molecule has 2 aromatic carbocycles. The number of anilines is 1. The van der Waals surface area contributed by atoms with Gasteiger partial charge in [-0.3, -0.25) is 19.8 Å². The molecule has 0 aliphatic heterocycles. The van der Waals surface area contributed by atoms with Crippen LogP contribution in [0.3, 0.4) is 0 Å². The maximum Gasteiger partial charge on any atom is 0.338 e. The number of amides is 1. The number of nitro groups is 1. The van der Waals surface area contributed by atoms with Crippen molar-refractivity contribution in [2.24, 2.45) is 5.92 Å². The van der Waals surface area contributed by atoms with Crippen LogP contribution in [0, 0.1) is 23.0 Å². The van der Waals surface area contributed by atoms with Crippen LogP contribution in [0.1, 0.15) is 34.3 Å². The summed E-state index contributed by atoms with van der Waals surface area (Å²) in [7, 11) is 1.33. The second kappa shape index (κ2) is 9.61. The molecule has 1 aromatic heterocycles. The van der Waals surface area contributed by atoms with Gasteiger partial charge < -0.3 is 4.74 Å². The summed E-state index contributed by atoms with van der Waals surface area (Å²) in [5, 5.41) is 12.0. The molecule has 1 heterocycles. The van der Waals surface area contributed by atoms with Crippen molar-refractivity contribution in [3.05, 3.63) is 86.6 Å². The fourth-order valence-electron chi connectivity index (χ4n) is 3.78. The molecule has 0 atom stereocenters. The van der Waals surface area contributed by atoms with E-state index in [2.05, 4.69) is 4.98 Å². The van der Waals surface area contributed by atoms with Gasteiger partial charge in [0.1, 0.15) is 0 Å². The lowest BCUT2D eigenvalue weighted by Crippen LogP contribution is -2.33. The Kier molecular flexibility index (Phi) is 6.61. The number of hydrogen-bond donors (Lipinski definition) is 0. The first-order valence-electron chi connectivity index (χ1n) is 10.7. The number of esters is 1. The normalized spacial score (nSPS) is 12.8. The fraction of sp³-hybridized carbons (Fsp3) is 0.240. The molecule has 9 heteroatoms. The molecule has 0 spiro atoms. The van der Waals surface area contributed by atoms with Crippen LogP contribution < -0.4 is 4.90 Å². The Balaban J connectivity index is 1.69. The van der Waals surface area contributed by atoms with E-state index in [4.69, 9.17) is 16.3 Å². The zero-order chi connectivity index (χ0) is 24.4. The number of methoxy groups -OCH3 is 1. The fourth-order valence-corrected chi connectivity index (χ4v) is 3.91. The minimum Gasteiger partial charge on any atom is -0.465 e. The summed E-state index contributed by atoms with van der Waals surface area (Å²) in [5.74, 6) is -0.803. The average molecular weight is 480 g/mol. The summed E-state index contributed by atoms with van der Waals surface area (Å²) in [5.41, 5.74) is 2.72. The predicted molar refractivity (Wildman–Crippen MR) is 128 cm³/mol. The zero-order valence-electron chi connectivity index (χ0n) is 18.7. The molecule has 8 nitrogen and oxygen atoms in total. The summed E-state index contributed by atoms with van der Waals surface area (Å²) in [6.45, 7) is 1.65. The highest BCUT2D eigenvalue weighted by Gasteiger charge is 2.38. The number of benzene rings is 2. The monoisotopic (exact) mass is 479 g/mol. The van der Waals surface area contributed by atoms with E-state index in [1.54, 1.807) is 19.1 Å². The molecule has 174 valence electrons. The summed E-state index contributed by atoms with van der Waals surface area (Å²) in [6, 6.07) is 14.4. The van der Waals surface area contributed by atoms with Crippen LogP contribution in [-0.2, 0) is 16.1 Å². The van der Waals surface area contributed by atoms with Gasteiger partial charge in [-0.25, -0.2) is 9.78 Å². The molecule has 3 aromatic rings. The van der Waals surface area contributed by atoms with E-state index in [1.807, 2.05) is 36.4 Å². The van der Waals surface area contributed by atoms with Crippen molar-refractivity contribution in [2.75, 3.05) is 12.0 Å². The first-order valence-corrected chi connectivity index (χ1v) is 11.1. The van der Waals surface area contributed by atoms with E-state index in [0.717, 1.165) is 29.5 Å². The third-order valence-corrected chi connectivity index (χ3v) is 6.18. The molecule has 1 fully saturated rings. The van der Waals surface area contributed by atoms with Crippen LogP contribution in [-0.4, -0.2) is 28.9 Å². The van der Waals surface area contributed by atoms with Crippen molar-refractivity contribution in [1.29, 1.82) is 0 Å². The molecule has 34 heavy (non-hydrogen) atoms. The van der Waals surface area contributed by atoms with Gasteiger partial charge in [-0.2, -0.15) is 0 Å². The Labute approximate surface area is 201 Å². The van der Waals surface area contributed by atoms with E-state index >= 15 is 0 Å². The van der Waals surface area contributed by atoms with Gasteiger partial charge in [0.05, 0.1) is 34.7 Å². The number of carbonyl (C=O) groups is 2. The first-order chi connectivity index (χ1) is 16.3. The summed E-state index contributed by atoms with van der Waals surface area (Å²) in [4.78, 5) is 42.0. The van der Waals surface area contributed by atoms with Crippen LogP contribution in [0.5, 0.6) is 0 Å². The number of hydrogen-bond acceptors (Lipinski definition) is 6. The number of carbonyl (C=O) groups excluding carboxylic acids is 2. The van der Waals surface area contributed by atoms with Gasteiger partial charge in [0.15, 0.2) is 0 Å². The van der Waals surface area contributed by atoms with Crippen LogP contribution in [0.25, 0.3) is 11.1 Å². The van der Waals surface area contributed by atoms with Gasteiger partial charge in [0.2, 0.25) is 11.7 Å². The van der Waals surface area contributed by atoms with Gasteiger partial charge in [-0.1, -0.05) is 54.1 Å². The third kappa shape index (κ3) is 4.63. The second-order valence-corrected chi connectivity index (χ2v) is 8.50. The van der Waals surface area contributed by atoms with Gasteiger partial charge in [0, 0.05) is 12.1 Å². The molecule has 1 saturated carbocycles. The molecule has 1 aliphatic rings. The predicted octanol–water partition coefficient (Wildman–Crippen LogP) is 5.35. The van der Waals surface area contributed by atoms with Crippen molar-refractivity contribution in [2.45, 2.75) is 26.3 Å². The summed E-state index contributed by atoms with van der Waals surface area (Å²) >= 11 is 6.07. The average Bonchev–Trinajstić information content (AvgIpc) is 3.69. The molecular formula is C25H22ClN3O5.